The number of carbonyl (C=O) groups is 1. The van der Waals surface area contributed by atoms with Crippen molar-refractivity contribution < 1.29 is 23.8 Å². The molecule has 0 spiro atoms. The quantitative estimate of drug-likeness (QED) is 0.542. The van der Waals surface area contributed by atoms with E-state index in [1.54, 1.807) is 12.1 Å². The Labute approximate surface area is 173 Å². The maximum absolute atomic E-state index is 13.0. The molecule has 0 heterocycles. The molecule has 0 aliphatic rings. The van der Waals surface area contributed by atoms with Gasteiger partial charge in [0.05, 0.1) is 11.1 Å². The van der Waals surface area contributed by atoms with Gasteiger partial charge in [-0.05, 0) is 64.2 Å². The van der Waals surface area contributed by atoms with Crippen LogP contribution in [0.15, 0.2) is 40.9 Å². The summed E-state index contributed by atoms with van der Waals surface area (Å²) >= 11 is 3.51. The highest BCUT2D eigenvalue weighted by molar-refractivity contribution is 9.10. The van der Waals surface area contributed by atoms with Crippen molar-refractivity contribution in [1.82, 2.24) is 5.32 Å². The van der Waals surface area contributed by atoms with Crippen LogP contribution in [0.5, 0.6) is 11.5 Å². The molecular formula is C21H25BrFNO4. The number of hydrogen-bond donors (Lipinski definition) is 2. The van der Waals surface area contributed by atoms with Crippen molar-refractivity contribution in [3.8, 4) is 11.5 Å². The molecule has 2 aromatic rings. The molecule has 0 bridgehead atoms. The minimum Gasteiger partial charge on any atom is -0.490 e. The largest absolute Gasteiger partial charge is 0.490 e. The minimum atomic E-state index is -0.877. The van der Waals surface area contributed by atoms with Crippen LogP contribution in [0.3, 0.4) is 0 Å². The van der Waals surface area contributed by atoms with Gasteiger partial charge in [-0.2, -0.15) is 0 Å². The monoisotopic (exact) mass is 453 g/mol. The molecule has 0 radical (unpaired) electrons. The van der Waals surface area contributed by atoms with Crippen LogP contribution in [0.25, 0.3) is 0 Å². The van der Waals surface area contributed by atoms with Crippen molar-refractivity contribution in [2.24, 2.45) is 5.92 Å². The van der Waals surface area contributed by atoms with E-state index >= 15 is 0 Å². The summed E-state index contributed by atoms with van der Waals surface area (Å²) in [5.41, 5.74) is 1.71. The van der Waals surface area contributed by atoms with Crippen molar-refractivity contribution in [3.63, 3.8) is 0 Å². The SMILES string of the molecule is CCOc1cc(CNC(C(=O)O)C(C)C)cc(Br)c1OCc1ccc(F)cc1. The van der Waals surface area contributed by atoms with Gasteiger partial charge in [0.25, 0.3) is 0 Å². The number of halogens is 2. The van der Waals surface area contributed by atoms with E-state index in [0.717, 1.165) is 11.1 Å². The normalized spacial score (nSPS) is 12.1. The molecule has 2 aromatic carbocycles. The molecule has 0 fully saturated rings. The van der Waals surface area contributed by atoms with Gasteiger partial charge in [0, 0.05) is 6.54 Å². The highest BCUT2D eigenvalue weighted by Crippen LogP contribution is 2.37. The summed E-state index contributed by atoms with van der Waals surface area (Å²) < 4.78 is 25.3. The van der Waals surface area contributed by atoms with Gasteiger partial charge in [-0.15, -0.1) is 0 Å². The highest BCUT2D eigenvalue weighted by Gasteiger charge is 2.21. The van der Waals surface area contributed by atoms with Crippen LogP contribution < -0.4 is 14.8 Å². The average molecular weight is 454 g/mol. The van der Waals surface area contributed by atoms with Gasteiger partial charge in [-0.25, -0.2) is 4.39 Å². The predicted octanol–water partition coefficient (Wildman–Crippen LogP) is 4.76. The second-order valence-corrected chi connectivity index (χ2v) is 7.55. The van der Waals surface area contributed by atoms with Crippen LogP contribution >= 0.6 is 15.9 Å². The molecule has 152 valence electrons. The van der Waals surface area contributed by atoms with E-state index in [1.165, 1.54) is 12.1 Å². The lowest BCUT2D eigenvalue weighted by atomic mass is 10.0. The number of nitrogens with one attached hydrogen (secondary N) is 1. The molecule has 5 nitrogen and oxygen atoms in total. The van der Waals surface area contributed by atoms with Crippen molar-refractivity contribution in [2.45, 2.75) is 40.0 Å². The van der Waals surface area contributed by atoms with Crippen molar-refractivity contribution in [2.75, 3.05) is 6.61 Å². The predicted molar refractivity (Wildman–Crippen MR) is 109 cm³/mol. The molecule has 1 unspecified atom stereocenters. The van der Waals surface area contributed by atoms with Crippen LogP contribution in [0.2, 0.25) is 0 Å². The third kappa shape index (κ3) is 6.21. The van der Waals surface area contributed by atoms with E-state index in [2.05, 4.69) is 21.2 Å². The van der Waals surface area contributed by atoms with Crippen LogP contribution in [0, 0.1) is 11.7 Å². The topological polar surface area (TPSA) is 67.8 Å². The van der Waals surface area contributed by atoms with E-state index in [1.807, 2.05) is 32.9 Å². The zero-order valence-electron chi connectivity index (χ0n) is 16.2. The first-order valence-corrected chi connectivity index (χ1v) is 9.89. The molecule has 0 amide bonds. The van der Waals surface area contributed by atoms with Gasteiger partial charge in [-0.1, -0.05) is 26.0 Å². The van der Waals surface area contributed by atoms with E-state index in [9.17, 15) is 14.3 Å². The molecule has 0 saturated carbocycles. The molecular weight excluding hydrogens is 429 g/mol. The number of ether oxygens (including phenoxy) is 2. The highest BCUT2D eigenvalue weighted by atomic mass is 79.9. The summed E-state index contributed by atoms with van der Waals surface area (Å²) in [4.78, 5) is 11.4. The summed E-state index contributed by atoms with van der Waals surface area (Å²) in [6.07, 6.45) is 0. The van der Waals surface area contributed by atoms with Gasteiger partial charge in [0.2, 0.25) is 0 Å². The van der Waals surface area contributed by atoms with Gasteiger partial charge in [0.15, 0.2) is 11.5 Å². The van der Waals surface area contributed by atoms with Crippen LogP contribution in [0.1, 0.15) is 31.9 Å². The van der Waals surface area contributed by atoms with Crippen molar-refractivity contribution in [1.29, 1.82) is 0 Å². The molecule has 2 rings (SSSR count). The Morgan fingerprint density at radius 2 is 1.86 bits per heavy atom. The van der Waals surface area contributed by atoms with Gasteiger partial charge in [-0.3, -0.25) is 4.79 Å². The number of rotatable bonds is 10. The van der Waals surface area contributed by atoms with Crippen molar-refractivity contribution >= 4 is 21.9 Å². The van der Waals surface area contributed by atoms with Crippen LogP contribution in [-0.2, 0) is 17.9 Å². The molecule has 1 atom stereocenters. The Morgan fingerprint density at radius 1 is 1.18 bits per heavy atom. The lowest BCUT2D eigenvalue weighted by Gasteiger charge is -2.19. The van der Waals surface area contributed by atoms with E-state index in [0.29, 0.717) is 29.1 Å². The Bertz CT molecular complexity index is 796. The molecule has 7 heteroatoms. The summed E-state index contributed by atoms with van der Waals surface area (Å²) in [7, 11) is 0. The fraction of sp³-hybridized carbons (Fsp3) is 0.381. The average Bonchev–Trinajstić information content (AvgIpc) is 2.62. The summed E-state index contributed by atoms with van der Waals surface area (Å²) in [5, 5.41) is 12.4. The standard InChI is InChI=1S/C21H25BrFNO4/c1-4-27-18-10-15(11-24-19(13(2)3)21(25)26)9-17(22)20(18)28-12-14-5-7-16(23)8-6-14/h5-10,13,19,24H,4,11-12H2,1-3H3,(H,25,26). The second-order valence-electron chi connectivity index (χ2n) is 6.69. The fourth-order valence-electron chi connectivity index (χ4n) is 2.70. The Kier molecular flexibility index (Phi) is 8.26. The number of benzene rings is 2. The molecule has 28 heavy (non-hydrogen) atoms. The zero-order valence-corrected chi connectivity index (χ0v) is 17.8. The summed E-state index contributed by atoms with van der Waals surface area (Å²) in [6, 6.07) is 9.18. The number of hydrogen-bond acceptors (Lipinski definition) is 4. The maximum atomic E-state index is 13.0. The van der Waals surface area contributed by atoms with E-state index in [-0.39, 0.29) is 18.3 Å². The number of carboxylic acid groups (broad SMARTS) is 1. The lowest BCUT2D eigenvalue weighted by Crippen LogP contribution is -2.40. The zero-order chi connectivity index (χ0) is 20.7. The fourth-order valence-corrected chi connectivity index (χ4v) is 3.30. The van der Waals surface area contributed by atoms with Gasteiger partial charge in [0.1, 0.15) is 18.5 Å². The Hall–Kier alpha value is -2.12. The number of carboxylic acids is 1. The third-order valence-corrected chi connectivity index (χ3v) is 4.71. The molecule has 0 aliphatic carbocycles. The van der Waals surface area contributed by atoms with E-state index < -0.39 is 12.0 Å². The first-order chi connectivity index (χ1) is 13.3. The molecule has 0 aromatic heterocycles. The van der Waals surface area contributed by atoms with Crippen molar-refractivity contribution in [3.05, 3.63) is 57.8 Å². The lowest BCUT2D eigenvalue weighted by molar-refractivity contribution is -0.140. The minimum absolute atomic E-state index is 0.0365. The smallest absolute Gasteiger partial charge is 0.320 e. The number of aliphatic carboxylic acids is 1. The maximum Gasteiger partial charge on any atom is 0.320 e. The summed E-state index contributed by atoms with van der Waals surface area (Å²) in [5.74, 6) is -0.0948. The van der Waals surface area contributed by atoms with Gasteiger partial charge >= 0.3 is 5.97 Å². The Balaban J connectivity index is 2.15. The first-order valence-electron chi connectivity index (χ1n) is 9.10. The van der Waals surface area contributed by atoms with E-state index in [4.69, 9.17) is 9.47 Å². The molecule has 0 aliphatic heterocycles. The van der Waals surface area contributed by atoms with Gasteiger partial charge < -0.3 is 19.9 Å². The van der Waals surface area contributed by atoms with Crippen LogP contribution in [0.4, 0.5) is 4.39 Å². The summed E-state index contributed by atoms with van der Waals surface area (Å²) in [6.45, 7) is 6.71. The second kappa shape index (κ2) is 10.4. The first kappa shape index (κ1) is 22.2. The molecule has 2 N–H and O–H groups in total. The third-order valence-electron chi connectivity index (χ3n) is 4.12. The van der Waals surface area contributed by atoms with Crippen LogP contribution in [-0.4, -0.2) is 23.7 Å². The molecule has 0 saturated heterocycles. The Morgan fingerprint density at radius 3 is 2.43 bits per heavy atom.